The van der Waals surface area contributed by atoms with Gasteiger partial charge in [-0.15, -0.1) is 0 Å². The Hall–Kier alpha value is -2.00. The number of hydrogen-bond donors (Lipinski definition) is 0. The van der Waals surface area contributed by atoms with Crippen molar-refractivity contribution in [3.8, 4) is 11.1 Å². The molecule has 106 valence electrons. The SMILES string of the molecule is S=C=NCOCN=C=S.c1ccc(-c2ccccc2)cc1. The number of nitrogens with zero attached hydrogens (tertiary/aromatic N) is 2. The highest BCUT2D eigenvalue weighted by Gasteiger charge is 1.91. The summed E-state index contributed by atoms with van der Waals surface area (Å²) in [5, 5.41) is 4.28. The molecule has 0 aliphatic heterocycles. The van der Waals surface area contributed by atoms with Crippen molar-refractivity contribution in [1.29, 1.82) is 0 Å². The zero-order valence-electron chi connectivity index (χ0n) is 11.3. The lowest BCUT2D eigenvalue weighted by Crippen LogP contribution is -1.89. The highest BCUT2D eigenvalue weighted by Crippen LogP contribution is 2.17. The fourth-order valence-corrected chi connectivity index (χ4v) is 1.55. The molecule has 5 heteroatoms. The van der Waals surface area contributed by atoms with E-state index >= 15 is 0 Å². The van der Waals surface area contributed by atoms with Crippen molar-refractivity contribution in [1.82, 2.24) is 0 Å². The van der Waals surface area contributed by atoms with E-state index in [-0.39, 0.29) is 13.5 Å². The van der Waals surface area contributed by atoms with Gasteiger partial charge in [0.1, 0.15) is 13.5 Å². The summed E-state index contributed by atoms with van der Waals surface area (Å²) >= 11 is 8.53. The third-order valence-corrected chi connectivity index (χ3v) is 2.58. The Morgan fingerprint density at radius 3 is 1.43 bits per heavy atom. The Kier molecular flexibility index (Phi) is 9.58. The van der Waals surface area contributed by atoms with Gasteiger partial charge >= 0.3 is 0 Å². The van der Waals surface area contributed by atoms with E-state index in [2.05, 4.69) is 93.3 Å². The maximum atomic E-state index is 4.72. The molecule has 0 saturated carbocycles. The number of aliphatic imine (C=N–C) groups is 2. The van der Waals surface area contributed by atoms with Crippen LogP contribution < -0.4 is 0 Å². The van der Waals surface area contributed by atoms with Crippen LogP contribution in [0.1, 0.15) is 0 Å². The fourth-order valence-electron chi connectivity index (χ4n) is 1.45. The smallest absolute Gasteiger partial charge is 0.150 e. The van der Waals surface area contributed by atoms with Crippen molar-refractivity contribution in [2.24, 2.45) is 9.98 Å². The van der Waals surface area contributed by atoms with Crippen LogP contribution in [-0.2, 0) is 4.74 Å². The van der Waals surface area contributed by atoms with Gasteiger partial charge in [0.05, 0.1) is 10.3 Å². The topological polar surface area (TPSA) is 34.0 Å². The molecule has 2 aromatic carbocycles. The number of hydrogen-bond acceptors (Lipinski definition) is 5. The molecule has 21 heavy (non-hydrogen) atoms. The standard InChI is InChI=1S/C12H10.C4H4N2OS2/c1-3-7-11(8-4-1)12-9-5-2-6-10-12;8-3-5-1-7-2-6-4-9/h1-10H;1-2H2. The zero-order valence-corrected chi connectivity index (χ0v) is 12.9. The summed E-state index contributed by atoms with van der Waals surface area (Å²) in [5.74, 6) is 0. The van der Waals surface area contributed by atoms with E-state index in [0.29, 0.717) is 0 Å². The Morgan fingerprint density at radius 2 is 1.10 bits per heavy atom. The monoisotopic (exact) mass is 314 g/mol. The average Bonchev–Trinajstić information content (AvgIpc) is 2.57. The first-order valence-electron chi connectivity index (χ1n) is 6.14. The summed E-state index contributed by atoms with van der Waals surface area (Å²) in [6.07, 6.45) is 0. The normalized spacial score (nSPS) is 8.57. The molecule has 0 atom stereocenters. The first-order chi connectivity index (χ1) is 10.4. The molecule has 0 amide bonds. The second kappa shape index (κ2) is 11.8. The van der Waals surface area contributed by atoms with Gasteiger partial charge in [0.25, 0.3) is 0 Å². The van der Waals surface area contributed by atoms with Crippen molar-refractivity contribution in [2.45, 2.75) is 0 Å². The van der Waals surface area contributed by atoms with Gasteiger partial charge in [-0.3, -0.25) is 0 Å². The van der Waals surface area contributed by atoms with Crippen molar-refractivity contribution >= 4 is 34.8 Å². The highest BCUT2D eigenvalue weighted by molar-refractivity contribution is 7.78. The maximum Gasteiger partial charge on any atom is 0.150 e. The fraction of sp³-hybridized carbons (Fsp3) is 0.125. The lowest BCUT2D eigenvalue weighted by atomic mass is 10.1. The summed E-state index contributed by atoms with van der Waals surface area (Å²) in [6.45, 7) is 0.369. The predicted molar refractivity (Wildman–Crippen MR) is 92.7 cm³/mol. The minimum absolute atomic E-state index is 0.185. The Morgan fingerprint density at radius 1 is 0.714 bits per heavy atom. The Labute approximate surface area is 135 Å². The van der Waals surface area contributed by atoms with Crippen LogP contribution >= 0.6 is 24.4 Å². The minimum Gasteiger partial charge on any atom is -0.336 e. The molecule has 0 radical (unpaired) electrons. The molecule has 0 N–H and O–H groups in total. The second-order valence-corrected chi connectivity index (χ2v) is 4.06. The van der Waals surface area contributed by atoms with Crippen LogP contribution in [0.15, 0.2) is 70.6 Å². The van der Waals surface area contributed by atoms with Crippen LogP contribution in [0.3, 0.4) is 0 Å². The number of benzene rings is 2. The highest BCUT2D eigenvalue weighted by atomic mass is 32.1. The predicted octanol–water partition coefficient (Wildman–Crippen LogP) is 4.48. The summed E-state index contributed by atoms with van der Waals surface area (Å²) in [7, 11) is 0. The van der Waals surface area contributed by atoms with Crippen LogP contribution in [0.4, 0.5) is 0 Å². The number of isothiocyanates is 2. The molecular formula is C16H14N2OS2. The minimum atomic E-state index is 0.185. The second-order valence-electron chi connectivity index (χ2n) is 3.69. The van der Waals surface area contributed by atoms with Crippen LogP contribution in [-0.4, -0.2) is 23.8 Å². The van der Waals surface area contributed by atoms with Gasteiger partial charge in [-0.25, -0.2) is 9.98 Å². The van der Waals surface area contributed by atoms with Crippen LogP contribution in [0.25, 0.3) is 11.1 Å². The van der Waals surface area contributed by atoms with Crippen LogP contribution in [0.5, 0.6) is 0 Å². The van der Waals surface area contributed by atoms with Gasteiger partial charge in [0.15, 0.2) is 0 Å². The van der Waals surface area contributed by atoms with Gasteiger partial charge in [-0.1, -0.05) is 60.7 Å². The van der Waals surface area contributed by atoms with Gasteiger partial charge < -0.3 is 4.74 Å². The van der Waals surface area contributed by atoms with Gasteiger partial charge in [0.2, 0.25) is 0 Å². The van der Waals surface area contributed by atoms with E-state index < -0.39 is 0 Å². The summed E-state index contributed by atoms with van der Waals surface area (Å²) in [4.78, 5) is 6.93. The molecule has 0 unspecified atom stereocenters. The summed E-state index contributed by atoms with van der Waals surface area (Å²) in [5.41, 5.74) is 2.55. The molecule has 0 aromatic heterocycles. The number of rotatable bonds is 5. The lowest BCUT2D eigenvalue weighted by molar-refractivity contribution is 0.152. The molecule has 0 bridgehead atoms. The van der Waals surface area contributed by atoms with E-state index in [0.717, 1.165) is 0 Å². The number of ether oxygens (including phenoxy) is 1. The molecule has 0 fully saturated rings. The van der Waals surface area contributed by atoms with Crippen molar-refractivity contribution in [2.75, 3.05) is 13.5 Å². The quantitative estimate of drug-likeness (QED) is 0.463. The summed E-state index contributed by atoms with van der Waals surface area (Å²) in [6, 6.07) is 20.8. The van der Waals surface area contributed by atoms with E-state index in [9.17, 15) is 0 Å². The van der Waals surface area contributed by atoms with Gasteiger partial charge in [-0.05, 0) is 35.6 Å². The molecular weight excluding hydrogens is 300 g/mol. The van der Waals surface area contributed by atoms with Crippen molar-refractivity contribution < 1.29 is 4.74 Å². The van der Waals surface area contributed by atoms with Crippen molar-refractivity contribution in [3.05, 3.63) is 60.7 Å². The first kappa shape index (κ1) is 17.1. The Balaban J connectivity index is 0.000000222. The first-order valence-corrected chi connectivity index (χ1v) is 6.95. The van der Waals surface area contributed by atoms with Crippen LogP contribution in [0.2, 0.25) is 0 Å². The van der Waals surface area contributed by atoms with E-state index in [1.54, 1.807) is 0 Å². The molecule has 2 rings (SSSR count). The van der Waals surface area contributed by atoms with E-state index in [4.69, 9.17) is 4.74 Å². The molecule has 0 saturated heterocycles. The van der Waals surface area contributed by atoms with E-state index in [1.807, 2.05) is 12.1 Å². The van der Waals surface area contributed by atoms with Crippen molar-refractivity contribution in [3.63, 3.8) is 0 Å². The third-order valence-electron chi connectivity index (χ3n) is 2.32. The largest absolute Gasteiger partial charge is 0.336 e. The average molecular weight is 314 g/mol. The van der Waals surface area contributed by atoms with E-state index in [1.165, 1.54) is 11.1 Å². The Bertz CT molecular complexity index is 549. The molecule has 0 aliphatic carbocycles. The number of thiocarbonyl (C=S) groups is 2. The molecule has 0 spiro atoms. The maximum absolute atomic E-state index is 4.72. The van der Waals surface area contributed by atoms with Gasteiger partial charge in [-0.2, -0.15) is 0 Å². The molecule has 3 nitrogen and oxygen atoms in total. The molecule has 2 aromatic rings. The van der Waals surface area contributed by atoms with Gasteiger partial charge in [0, 0.05) is 0 Å². The lowest BCUT2D eigenvalue weighted by Gasteiger charge is -1.98. The summed E-state index contributed by atoms with van der Waals surface area (Å²) < 4.78 is 4.72. The third kappa shape index (κ3) is 8.00. The molecule has 0 heterocycles. The van der Waals surface area contributed by atoms with Crippen LogP contribution in [0, 0.1) is 0 Å². The zero-order chi connectivity index (χ0) is 15.2. The molecule has 0 aliphatic rings.